The summed E-state index contributed by atoms with van der Waals surface area (Å²) in [4.78, 5) is 35.0. The number of ketones is 1. The van der Waals surface area contributed by atoms with Gasteiger partial charge < -0.3 is 10.1 Å². The number of aromatic nitrogens is 2. The molecule has 0 spiro atoms. The fourth-order valence-electron chi connectivity index (χ4n) is 3.41. The number of carbonyl (C=O) groups is 2. The van der Waals surface area contributed by atoms with Gasteiger partial charge in [0.2, 0.25) is 5.78 Å². The van der Waals surface area contributed by atoms with E-state index in [0.29, 0.717) is 21.9 Å². The number of benzene rings is 1. The molecule has 0 aliphatic carbocycles. The number of hydrogen-bond acceptors (Lipinski definition) is 7. The average molecular weight is 422 g/mol. The fourth-order valence-corrected chi connectivity index (χ4v) is 4.43. The molecule has 1 aliphatic rings. The van der Waals surface area contributed by atoms with Crippen LogP contribution in [0, 0.1) is 19.8 Å². The van der Waals surface area contributed by atoms with Crippen LogP contribution in [0.4, 0.5) is 0 Å². The lowest BCUT2D eigenvalue weighted by Gasteiger charge is -2.20. The zero-order chi connectivity index (χ0) is 21.1. The van der Waals surface area contributed by atoms with Gasteiger partial charge in [0.15, 0.2) is 0 Å². The number of nitrogens with zero attached hydrogens (tertiary/aromatic N) is 2. The summed E-state index contributed by atoms with van der Waals surface area (Å²) < 4.78 is 5.56. The van der Waals surface area contributed by atoms with E-state index in [2.05, 4.69) is 15.3 Å². The van der Waals surface area contributed by atoms with Crippen LogP contribution in [0.5, 0.6) is 5.75 Å². The average Bonchev–Trinajstić information content (AvgIpc) is 3.16. The monoisotopic (exact) mass is 421 g/mol. The highest BCUT2D eigenvalue weighted by Crippen LogP contribution is 2.30. The molecule has 1 fully saturated rings. The van der Waals surface area contributed by atoms with Crippen LogP contribution >= 0.6 is 11.3 Å². The number of rotatable bonds is 5. The number of thiazole rings is 1. The Hall–Kier alpha value is -2.90. The highest BCUT2D eigenvalue weighted by Gasteiger charge is 2.24. The molecule has 154 valence electrons. The molecule has 3 heterocycles. The van der Waals surface area contributed by atoms with Gasteiger partial charge in [-0.15, -0.1) is 11.3 Å². The van der Waals surface area contributed by atoms with Crippen molar-refractivity contribution in [2.75, 3.05) is 13.1 Å². The van der Waals surface area contributed by atoms with Crippen molar-refractivity contribution in [3.63, 3.8) is 0 Å². The molecule has 0 atom stereocenters. The normalized spacial score (nSPS) is 14.5. The molecule has 1 aromatic carbocycles. The van der Waals surface area contributed by atoms with E-state index >= 15 is 0 Å². The maximum atomic E-state index is 13.1. The smallest absolute Gasteiger partial charge is 0.314 e. The van der Waals surface area contributed by atoms with Gasteiger partial charge in [-0.05, 0) is 64.0 Å². The first-order valence-electron chi connectivity index (χ1n) is 9.99. The minimum absolute atomic E-state index is 0.0972. The fraction of sp³-hybridized carbons (Fsp3) is 0.304. The second kappa shape index (κ2) is 8.85. The highest BCUT2D eigenvalue weighted by atomic mass is 32.1. The van der Waals surface area contributed by atoms with E-state index in [9.17, 15) is 9.59 Å². The van der Waals surface area contributed by atoms with E-state index in [-0.39, 0.29) is 17.7 Å². The van der Waals surface area contributed by atoms with Gasteiger partial charge in [0, 0.05) is 23.0 Å². The maximum Gasteiger partial charge on any atom is 0.314 e. The van der Waals surface area contributed by atoms with Crippen molar-refractivity contribution < 1.29 is 14.3 Å². The van der Waals surface area contributed by atoms with Crippen LogP contribution in [-0.4, -0.2) is 34.8 Å². The quantitative estimate of drug-likeness (QED) is 0.382. The van der Waals surface area contributed by atoms with Crippen molar-refractivity contribution in [2.45, 2.75) is 26.7 Å². The number of piperidine rings is 1. The van der Waals surface area contributed by atoms with Gasteiger partial charge in [-0.3, -0.25) is 14.6 Å². The van der Waals surface area contributed by atoms with Crippen molar-refractivity contribution in [3.8, 4) is 16.3 Å². The Morgan fingerprint density at radius 3 is 2.67 bits per heavy atom. The van der Waals surface area contributed by atoms with E-state index in [4.69, 9.17) is 4.74 Å². The lowest BCUT2D eigenvalue weighted by Crippen LogP contribution is -2.33. The minimum atomic E-state index is -0.232. The van der Waals surface area contributed by atoms with Crippen molar-refractivity contribution in [1.82, 2.24) is 15.3 Å². The zero-order valence-electron chi connectivity index (χ0n) is 17.0. The summed E-state index contributed by atoms with van der Waals surface area (Å²) in [6, 6.07) is 10.7. The Morgan fingerprint density at radius 2 is 1.93 bits per heavy atom. The molecule has 1 N–H and O–H groups in total. The molecule has 2 aromatic heterocycles. The lowest BCUT2D eigenvalue weighted by atomic mass is 9.98. The Bertz CT molecular complexity index is 1070. The molecule has 0 saturated carbocycles. The van der Waals surface area contributed by atoms with E-state index in [1.807, 2.05) is 26.0 Å². The highest BCUT2D eigenvalue weighted by molar-refractivity contribution is 7.17. The van der Waals surface area contributed by atoms with Gasteiger partial charge in [-0.1, -0.05) is 12.1 Å². The molecular formula is C23H23N3O3S. The van der Waals surface area contributed by atoms with Gasteiger partial charge in [0.1, 0.15) is 10.8 Å². The molecular weight excluding hydrogens is 398 g/mol. The molecule has 0 amide bonds. The van der Waals surface area contributed by atoms with Crippen molar-refractivity contribution >= 4 is 23.1 Å². The number of carbonyl (C=O) groups excluding carboxylic acids is 2. The molecule has 1 saturated heterocycles. The maximum absolute atomic E-state index is 13.1. The van der Waals surface area contributed by atoms with Crippen LogP contribution in [0.25, 0.3) is 10.6 Å². The van der Waals surface area contributed by atoms with E-state index in [1.165, 1.54) is 11.3 Å². The number of esters is 1. The van der Waals surface area contributed by atoms with Gasteiger partial charge in [0.05, 0.1) is 16.5 Å². The SMILES string of the molecule is Cc1ccc(-c2nc(C)c(C(=O)c3cccc(OC(=O)C4CCNCC4)c3)s2)cn1. The molecule has 3 aromatic rings. The standard InChI is InChI=1S/C23H23N3O3S/c1-14-6-7-18(13-25-14)22-26-15(2)21(30-22)20(27)17-4-3-5-19(12-17)29-23(28)16-8-10-24-11-9-16/h3-7,12-13,16,24H,8-11H2,1-2H3. The molecule has 30 heavy (non-hydrogen) atoms. The lowest BCUT2D eigenvalue weighted by molar-refractivity contribution is -0.139. The first kappa shape index (κ1) is 20.4. The Labute approximate surface area is 179 Å². The van der Waals surface area contributed by atoms with Gasteiger partial charge in [0.25, 0.3) is 0 Å². The van der Waals surface area contributed by atoms with E-state index < -0.39 is 0 Å². The summed E-state index contributed by atoms with van der Waals surface area (Å²) in [5.41, 5.74) is 2.97. The summed E-state index contributed by atoms with van der Waals surface area (Å²) in [7, 11) is 0. The van der Waals surface area contributed by atoms with Crippen molar-refractivity contribution in [3.05, 3.63) is 64.4 Å². The number of ether oxygens (including phenoxy) is 1. The second-order valence-corrected chi connectivity index (χ2v) is 8.42. The summed E-state index contributed by atoms with van der Waals surface area (Å²) in [6.45, 7) is 5.40. The van der Waals surface area contributed by atoms with Crippen LogP contribution in [-0.2, 0) is 4.79 Å². The molecule has 0 bridgehead atoms. The minimum Gasteiger partial charge on any atom is -0.426 e. The number of pyridine rings is 1. The summed E-state index contributed by atoms with van der Waals surface area (Å²) in [6.07, 6.45) is 3.31. The van der Waals surface area contributed by atoms with Crippen molar-refractivity contribution in [2.24, 2.45) is 5.92 Å². The third-order valence-corrected chi connectivity index (χ3v) is 6.35. The Kier molecular flexibility index (Phi) is 6.01. The van der Waals surface area contributed by atoms with Crippen LogP contribution in [0.1, 0.15) is 39.5 Å². The molecule has 4 rings (SSSR count). The first-order valence-corrected chi connectivity index (χ1v) is 10.8. The summed E-state index contributed by atoms with van der Waals surface area (Å²) in [5.74, 6) is -0.0603. The Balaban J connectivity index is 1.53. The van der Waals surface area contributed by atoms with Gasteiger partial charge in [-0.2, -0.15) is 0 Å². The first-order chi connectivity index (χ1) is 14.5. The van der Waals surface area contributed by atoms with Gasteiger partial charge >= 0.3 is 5.97 Å². The molecule has 6 nitrogen and oxygen atoms in total. The topological polar surface area (TPSA) is 81.2 Å². The molecule has 0 radical (unpaired) electrons. The second-order valence-electron chi connectivity index (χ2n) is 7.42. The van der Waals surface area contributed by atoms with Crippen molar-refractivity contribution in [1.29, 1.82) is 0 Å². The van der Waals surface area contributed by atoms with E-state index in [0.717, 1.165) is 42.2 Å². The number of aryl methyl sites for hydroxylation is 2. The predicted molar refractivity (Wildman–Crippen MR) is 116 cm³/mol. The summed E-state index contributed by atoms with van der Waals surface area (Å²) >= 11 is 1.35. The van der Waals surface area contributed by atoms with Crippen LogP contribution in [0.15, 0.2) is 42.6 Å². The van der Waals surface area contributed by atoms with Crippen LogP contribution in [0.3, 0.4) is 0 Å². The molecule has 7 heteroatoms. The Morgan fingerprint density at radius 1 is 1.13 bits per heavy atom. The van der Waals surface area contributed by atoms with Gasteiger partial charge in [-0.25, -0.2) is 4.98 Å². The predicted octanol–water partition coefficient (Wildman–Crippen LogP) is 3.96. The number of nitrogens with one attached hydrogen (secondary N) is 1. The third kappa shape index (κ3) is 4.47. The van der Waals surface area contributed by atoms with E-state index in [1.54, 1.807) is 30.5 Å². The molecule has 1 aliphatic heterocycles. The van der Waals surface area contributed by atoms with Crippen LogP contribution in [0.2, 0.25) is 0 Å². The zero-order valence-corrected chi connectivity index (χ0v) is 17.8. The summed E-state index contributed by atoms with van der Waals surface area (Å²) in [5, 5.41) is 4.00. The van der Waals surface area contributed by atoms with Crippen LogP contribution < -0.4 is 10.1 Å². The molecule has 0 unspecified atom stereocenters. The third-order valence-electron chi connectivity index (χ3n) is 5.15. The largest absolute Gasteiger partial charge is 0.426 e. The number of hydrogen-bond donors (Lipinski definition) is 1.